The molecule has 1 aromatic carbocycles. The van der Waals surface area contributed by atoms with Crippen LogP contribution in [0.5, 0.6) is 5.75 Å². The van der Waals surface area contributed by atoms with Crippen LogP contribution in [-0.2, 0) is 4.79 Å². The van der Waals surface area contributed by atoms with Crippen molar-refractivity contribution >= 4 is 5.97 Å². The van der Waals surface area contributed by atoms with Crippen LogP contribution >= 0.6 is 0 Å². The Hall–Kier alpha value is -1.55. The van der Waals surface area contributed by atoms with Crippen molar-refractivity contribution < 1.29 is 14.6 Å². The monoisotopic (exact) mass is 235 g/mol. The van der Waals surface area contributed by atoms with Crippen molar-refractivity contribution in [3.63, 3.8) is 0 Å². The molecule has 1 saturated heterocycles. The number of piperidine rings is 1. The Bertz CT molecular complexity index is 405. The van der Waals surface area contributed by atoms with Crippen molar-refractivity contribution in [3.05, 3.63) is 29.8 Å². The zero-order chi connectivity index (χ0) is 12.3. The van der Waals surface area contributed by atoms with Crippen LogP contribution in [0.15, 0.2) is 24.3 Å². The van der Waals surface area contributed by atoms with E-state index in [1.807, 2.05) is 24.3 Å². The Morgan fingerprint density at radius 1 is 1.47 bits per heavy atom. The summed E-state index contributed by atoms with van der Waals surface area (Å²) in [5.74, 6) is -0.369. The van der Waals surface area contributed by atoms with E-state index in [0.29, 0.717) is 6.42 Å². The molecular formula is C13H17NO3. The molecule has 0 unspecified atom stereocenters. The van der Waals surface area contributed by atoms with Gasteiger partial charge in [-0.1, -0.05) is 18.2 Å². The first-order chi connectivity index (χ1) is 8.24. The fourth-order valence-corrected chi connectivity index (χ4v) is 2.40. The van der Waals surface area contributed by atoms with Gasteiger partial charge in [-0.3, -0.25) is 4.79 Å². The number of hydrogen-bond donors (Lipinski definition) is 2. The summed E-state index contributed by atoms with van der Waals surface area (Å²) in [4.78, 5) is 11.3. The highest BCUT2D eigenvalue weighted by Gasteiger charge is 2.33. The normalized spacial score (nSPS) is 24.3. The van der Waals surface area contributed by atoms with Crippen LogP contribution in [0.1, 0.15) is 24.4 Å². The minimum Gasteiger partial charge on any atom is -0.496 e. The molecule has 0 bridgehead atoms. The Kier molecular flexibility index (Phi) is 3.64. The van der Waals surface area contributed by atoms with E-state index in [1.165, 1.54) is 0 Å². The van der Waals surface area contributed by atoms with Crippen molar-refractivity contribution in [3.8, 4) is 5.75 Å². The van der Waals surface area contributed by atoms with Gasteiger partial charge in [-0.15, -0.1) is 0 Å². The molecule has 1 aliphatic heterocycles. The van der Waals surface area contributed by atoms with E-state index in [0.717, 1.165) is 24.3 Å². The fourth-order valence-electron chi connectivity index (χ4n) is 2.40. The number of para-hydroxylation sites is 1. The zero-order valence-electron chi connectivity index (χ0n) is 9.85. The van der Waals surface area contributed by atoms with Gasteiger partial charge in [0.15, 0.2) is 0 Å². The first kappa shape index (κ1) is 11.9. The van der Waals surface area contributed by atoms with E-state index in [4.69, 9.17) is 4.74 Å². The molecular weight excluding hydrogens is 218 g/mol. The minimum absolute atomic E-state index is 0.155. The second-order valence-electron chi connectivity index (χ2n) is 4.26. The molecule has 1 fully saturated rings. The predicted octanol–water partition coefficient (Wildman–Crippen LogP) is 1.82. The number of nitrogens with one attached hydrogen (secondary N) is 1. The second kappa shape index (κ2) is 5.19. The van der Waals surface area contributed by atoms with Crippen LogP contribution in [0.25, 0.3) is 0 Å². The van der Waals surface area contributed by atoms with Gasteiger partial charge < -0.3 is 15.2 Å². The molecule has 1 aliphatic rings. The first-order valence-electron chi connectivity index (χ1n) is 5.83. The first-order valence-corrected chi connectivity index (χ1v) is 5.83. The number of carboxylic acids is 1. The van der Waals surface area contributed by atoms with Crippen LogP contribution in [0.3, 0.4) is 0 Å². The molecule has 2 rings (SSSR count). The third-order valence-electron chi connectivity index (χ3n) is 3.25. The van der Waals surface area contributed by atoms with Crippen molar-refractivity contribution in [1.82, 2.24) is 5.32 Å². The number of aliphatic carboxylic acids is 1. The van der Waals surface area contributed by atoms with Crippen molar-refractivity contribution in [1.29, 1.82) is 0 Å². The molecule has 0 aliphatic carbocycles. The number of benzene rings is 1. The Morgan fingerprint density at radius 3 is 2.94 bits per heavy atom. The van der Waals surface area contributed by atoms with Gasteiger partial charge in [-0.05, 0) is 25.5 Å². The van der Waals surface area contributed by atoms with E-state index < -0.39 is 5.97 Å². The van der Waals surface area contributed by atoms with Gasteiger partial charge in [-0.2, -0.15) is 0 Å². The average molecular weight is 235 g/mol. The number of carboxylic acid groups (broad SMARTS) is 1. The maximum absolute atomic E-state index is 11.3. The summed E-state index contributed by atoms with van der Waals surface area (Å²) < 4.78 is 5.29. The van der Waals surface area contributed by atoms with E-state index in [1.54, 1.807) is 7.11 Å². The summed E-state index contributed by atoms with van der Waals surface area (Å²) in [7, 11) is 1.61. The highest BCUT2D eigenvalue weighted by molar-refractivity contribution is 5.71. The van der Waals surface area contributed by atoms with Gasteiger partial charge in [-0.25, -0.2) is 0 Å². The highest BCUT2D eigenvalue weighted by atomic mass is 16.5. The third kappa shape index (κ3) is 2.42. The molecule has 0 aromatic heterocycles. The van der Waals surface area contributed by atoms with Crippen LogP contribution in [0.2, 0.25) is 0 Å². The number of ether oxygens (including phenoxy) is 1. The van der Waals surface area contributed by atoms with Crippen LogP contribution in [-0.4, -0.2) is 24.7 Å². The number of hydrogen-bond acceptors (Lipinski definition) is 3. The summed E-state index contributed by atoms with van der Waals surface area (Å²) in [6, 6.07) is 7.44. The predicted molar refractivity (Wildman–Crippen MR) is 64.1 cm³/mol. The summed E-state index contributed by atoms with van der Waals surface area (Å²) in [5.41, 5.74) is 0.933. The molecule has 2 atom stereocenters. The lowest BCUT2D eigenvalue weighted by Crippen LogP contribution is -2.38. The summed E-state index contributed by atoms with van der Waals surface area (Å²) >= 11 is 0. The molecule has 4 nitrogen and oxygen atoms in total. The number of rotatable bonds is 3. The third-order valence-corrected chi connectivity index (χ3v) is 3.25. The summed E-state index contributed by atoms with van der Waals surface area (Å²) in [6.07, 6.45) is 1.62. The van der Waals surface area contributed by atoms with E-state index in [9.17, 15) is 9.90 Å². The van der Waals surface area contributed by atoms with Gasteiger partial charge in [0.2, 0.25) is 0 Å². The van der Waals surface area contributed by atoms with Crippen molar-refractivity contribution in [2.24, 2.45) is 5.92 Å². The molecule has 4 heteroatoms. The smallest absolute Gasteiger partial charge is 0.308 e. The van der Waals surface area contributed by atoms with Crippen molar-refractivity contribution in [2.45, 2.75) is 18.9 Å². The van der Waals surface area contributed by atoms with Gasteiger partial charge in [0.1, 0.15) is 5.75 Å². The van der Waals surface area contributed by atoms with E-state index >= 15 is 0 Å². The Morgan fingerprint density at radius 2 is 2.24 bits per heavy atom. The van der Waals surface area contributed by atoms with Crippen LogP contribution < -0.4 is 10.1 Å². The molecule has 92 valence electrons. The highest BCUT2D eigenvalue weighted by Crippen LogP contribution is 2.34. The summed E-state index contributed by atoms with van der Waals surface area (Å²) in [5, 5.41) is 12.5. The van der Waals surface area contributed by atoms with Gasteiger partial charge in [0, 0.05) is 11.6 Å². The van der Waals surface area contributed by atoms with E-state index in [2.05, 4.69) is 5.32 Å². The van der Waals surface area contributed by atoms with Gasteiger partial charge in [0.25, 0.3) is 0 Å². The molecule has 0 radical (unpaired) electrons. The molecule has 1 aromatic rings. The molecule has 0 saturated carbocycles. The topological polar surface area (TPSA) is 58.6 Å². The lowest BCUT2D eigenvalue weighted by atomic mass is 9.86. The standard InChI is InChI=1S/C13H17NO3/c1-17-11-7-3-2-5-9(11)12-10(13(15)16)6-4-8-14-12/h2-3,5,7,10,12,14H,4,6,8H2,1H3,(H,15,16)/t10-,12+/m0/s1. The minimum atomic E-state index is -0.742. The fraction of sp³-hybridized carbons (Fsp3) is 0.462. The quantitative estimate of drug-likeness (QED) is 0.839. The lowest BCUT2D eigenvalue weighted by molar-refractivity contribution is -0.143. The second-order valence-corrected chi connectivity index (χ2v) is 4.26. The maximum atomic E-state index is 11.3. The number of carbonyl (C=O) groups is 1. The summed E-state index contributed by atoms with van der Waals surface area (Å²) in [6.45, 7) is 0.854. The SMILES string of the molecule is COc1ccccc1[C@H]1NCCC[C@@H]1C(=O)O. The lowest BCUT2D eigenvalue weighted by Gasteiger charge is -2.31. The maximum Gasteiger partial charge on any atom is 0.308 e. The zero-order valence-corrected chi connectivity index (χ0v) is 9.85. The largest absolute Gasteiger partial charge is 0.496 e. The van der Waals surface area contributed by atoms with Gasteiger partial charge >= 0.3 is 5.97 Å². The molecule has 0 amide bonds. The molecule has 1 heterocycles. The molecule has 2 N–H and O–H groups in total. The number of methoxy groups -OCH3 is 1. The van der Waals surface area contributed by atoms with E-state index in [-0.39, 0.29) is 12.0 Å². The van der Waals surface area contributed by atoms with Crippen molar-refractivity contribution in [2.75, 3.05) is 13.7 Å². The van der Waals surface area contributed by atoms with Gasteiger partial charge in [0.05, 0.1) is 13.0 Å². The Labute approximate surface area is 101 Å². The van der Waals surface area contributed by atoms with Crippen LogP contribution in [0.4, 0.5) is 0 Å². The molecule has 0 spiro atoms. The Balaban J connectivity index is 2.32. The van der Waals surface area contributed by atoms with Crippen LogP contribution in [0, 0.1) is 5.92 Å². The molecule has 17 heavy (non-hydrogen) atoms. The average Bonchev–Trinajstić information content (AvgIpc) is 2.38.